The number of hydrogen-bond acceptors (Lipinski definition) is 3. The molecule has 0 unspecified atom stereocenters. The van der Waals surface area contributed by atoms with Crippen LogP contribution in [0.25, 0.3) is 6.08 Å². The van der Waals surface area contributed by atoms with Gasteiger partial charge < -0.3 is 5.32 Å². The molecule has 1 aromatic heterocycles. The van der Waals surface area contributed by atoms with Crippen molar-refractivity contribution in [1.82, 2.24) is 10.3 Å². The predicted molar refractivity (Wildman–Crippen MR) is 75.3 cm³/mol. The molecule has 2 rings (SSSR count). The minimum Gasteiger partial charge on any atom is -0.347 e. The van der Waals surface area contributed by atoms with Gasteiger partial charge in [0.1, 0.15) is 0 Å². The molecule has 0 bridgehead atoms. The van der Waals surface area contributed by atoms with Crippen LogP contribution in [-0.2, 0) is 4.79 Å². The number of amides is 1. The molecule has 0 aliphatic heterocycles. The summed E-state index contributed by atoms with van der Waals surface area (Å²) in [6.07, 6.45) is 7.90. The standard InChI is InChI=1S/C14H20N2OS/c1-11-5-7-14(2,8-6-11)16-13(17)4-3-12-9-18-10-15-12/h3-4,9-11H,5-8H2,1-2H3,(H,16,17). The molecule has 98 valence electrons. The first-order valence-corrected chi connectivity index (χ1v) is 7.40. The molecule has 4 heteroatoms. The molecule has 0 atom stereocenters. The third-order valence-electron chi connectivity index (χ3n) is 3.66. The van der Waals surface area contributed by atoms with Crippen LogP contribution in [0.1, 0.15) is 45.2 Å². The Hall–Kier alpha value is -1.16. The molecular weight excluding hydrogens is 244 g/mol. The van der Waals surface area contributed by atoms with E-state index in [-0.39, 0.29) is 11.4 Å². The molecule has 0 saturated heterocycles. The first-order chi connectivity index (χ1) is 8.57. The maximum Gasteiger partial charge on any atom is 0.244 e. The number of aromatic nitrogens is 1. The molecule has 0 aromatic carbocycles. The van der Waals surface area contributed by atoms with Crippen LogP contribution in [0.15, 0.2) is 17.0 Å². The highest BCUT2D eigenvalue weighted by Gasteiger charge is 2.30. The third-order valence-corrected chi connectivity index (χ3v) is 4.26. The van der Waals surface area contributed by atoms with Gasteiger partial charge in [-0.3, -0.25) is 4.79 Å². The van der Waals surface area contributed by atoms with Crippen LogP contribution in [0, 0.1) is 5.92 Å². The Bertz CT molecular complexity index is 417. The number of thiazole rings is 1. The van der Waals surface area contributed by atoms with E-state index in [4.69, 9.17) is 0 Å². The Morgan fingerprint density at radius 2 is 2.28 bits per heavy atom. The Labute approximate surface area is 112 Å². The molecule has 1 heterocycles. The van der Waals surface area contributed by atoms with Gasteiger partial charge in [-0.15, -0.1) is 11.3 Å². The van der Waals surface area contributed by atoms with Gasteiger partial charge in [-0.2, -0.15) is 0 Å². The lowest BCUT2D eigenvalue weighted by molar-refractivity contribution is -0.118. The smallest absolute Gasteiger partial charge is 0.244 e. The molecule has 0 spiro atoms. The highest BCUT2D eigenvalue weighted by molar-refractivity contribution is 7.07. The van der Waals surface area contributed by atoms with E-state index in [0.29, 0.717) is 0 Å². The van der Waals surface area contributed by atoms with Crippen LogP contribution >= 0.6 is 11.3 Å². The second-order valence-corrected chi connectivity index (χ2v) is 6.20. The monoisotopic (exact) mass is 264 g/mol. The van der Waals surface area contributed by atoms with E-state index >= 15 is 0 Å². The number of carbonyl (C=O) groups is 1. The van der Waals surface area contributed by atoms with E-state index in [2.05, 4.69) is 24.1 Å². The van der Waals surface area contributed by atoms with Crippen molar-refractivity contribution in [3.05, 3.63) is 22.7 Å². The van der Waals surface area contributed by atoms with E-state index in [9.17, 15) is 4.79 Å². The summed E-state index contributed by atoms with van der Waals surface area (Å²) >= 11 is 1.53. The van der Waals surface area contributed by atoms with Gasteiger partial charge >= 0.3 is 0 Å². The summed E-state index contributed by atoms with van der Waals surface area (Å²) in [4.78, 5) is 16.0. The van der Waals surface area contributed by atoms with Crippen molar-refractivity contribution in [1.29, 1.82) is 0 Å². The van der Waals surface area contributed by atoms with Crippen LogP contribution in [-0.4, -0.2) is 16.4 Å². The van der Waals surface area contributed by atoms with Crippen LogP contribution in [0.2, 0.25) is 0 Å². The van der Waals surface area contributed by atoms with Crippen molar-refractivity contribution in [2.24, 2.45) is 5.92 Å². The van der Waals surface area contributed by atoms with E-state index in [1.165, 1.54) is 24.2 Å². The van der Waals surface area contributed by atoms with Crippen molar-refractivity contribution in [3.8, 4) is 0 Å². The van der Waals surface area contributed by atoms with Crippen LogP contribution in [0.5, 0.6) is 0 Å². The lowest BCUT2D eigenvalue weighted by Crippen LogP contribution is -2.47. The molecule has 18 heavy (non-hydrogen) atoms. The third kappa shape index (κ3) is 3.67. The SMILES string of the molecule is CC1CCC(C)(NC(=O)C=Cc2cscn2)CC1. The quantitative estimate of drug-likeness (QED) is 0.852. The summed E-state index contributed by atoms with van der Waals surface area (Å²) in [5.74, 6) is 0.778. The Balaban J connectivity index is 1.87. The van der Waals surface area contributed by atoms with Gasteiger partial charge in [0.2, 0.25) is 5.91 Å². The van der Waals surface area contributed by atoms with Crippen molar-refractivity contribution >= 4 is 23.3 Å². The van der Waals surface area contributed by atoms with Crippen molar-refractivity contribution in [3.63, 3.8) is 0 Å². The fraction of sp³-hybridized carbons (Fsp3) is 0.571. The first kappa shape index (κ1) is 13.3. The number of nitrogens with zero attached hydrogens (tertiary/aromatic N) is 1. The lowest BCUT2D eigenvalue weighted by Gasteiger charge is -2.36. The maximum atomic E-state index is 11.9. The van der Waals surface area contributed by atoms with E-state index < -0.39 is 0 Å². The first-order valence-electron chi connectivity index (χ1n) is 6.46. The molecule has 1 fully saturated rings. The highest BCUT2D eigenvalue weighted by Crippen LogP contribution is 2.31. The number of nitrogens with one attached hydrogen (secondary N) is 1. The Morgan fingerprint density at radius 1 is 1.56 bits per heavy atom. The summed E-state index contributed by atoms with van der Waals surface area (Å²) in [5, 5.41) is 5.05. The summed E-state index contributed by atoms with van der Waals surface area (Å²) < 4.78 is 0. The molecule has 1 N–H and O–H groups in total. The van der Waals surface area contributed by atoms with E-state index in [0.717, 1.165) is 24.5 Å². The minimum absolute atomic E-state index is 0.0138. The fourth-order valence-corrected chi connectivity index (χ4v) is 2.85. The predicted octanol–water partition coefficient (Wildman–Crippen LogP) is 3.24. The second kappa shape index (κ2) is 5.65. The van der Waals surface area contributed by atoms with Gasteiger partial charge in [0.25, 0.3) is 0 Å². The lowest BCUT2D eigenvalue weighted by atomic mass is 9.78. The number of hydrogen-bond donors (Lipinski definition) is 1. The molecule has 3 nitrogen and oxygen atoms in total. The summed E-state index contributed by atoms with van der Waals surface area (Å²) in [6.45, 7) is 4.43. The Kier molecular flexibility index (Phi) is 4.17. The molecule has 1 aromatic rings. The molecule has 1 aliphatic carbocycles. The van der Waals surface area contributed by atoms with Crippen LogP contribution in [0.4, 0.5) is 0 Å². The van der Waals surface area contributed by atoms with Crippen molar-refractivity contribution in [2.75, 3.05) is 0 Å². The summed E-state index contributed by atoms with van der Waals surface area (Å²) in [5.41, 5.74) is 2.58. The average Bonchev–Trinajstić information content (AvgIpc) is 2.84. The molecule has 1 amide bonds. The zero-order chi connectivity index (χ0) is 13.0. The minimum atomic E-state index is -0.0317. The average molecular weight is 264 g/mol. The van der Waals surface area contributed by atoms with Gasteiger partial charge in [0.15, 0.2) is 0 Å². The Morgan fingerprint density at radius 3 is 2.89 bits per heavy atom. The van der Waals surface area contributed by atoms with Gasteiger partial charge in [-0.25, -0.2) is 4.98 Å². The van der Waals surface area contributed by atoms with E-state index in [1.807, 2.05) is 5.38 Å². The molecule has 0 radical (unpaired) electrons. The number of carbonyl (C=O) groups excluding carboxylic acids is 1. The van der Waals surface area contributed by atoms with Crippen LogP contribution < -0.4 is 5.32 Å². The van der Waals surface area contributed by atoms with Crippen LogP contribution in [0.3, 0.4) is 0 Å². The fourth-order valence-electron chi connectivity index (χ4n) is 2.33. The van der Waals surface area contributed by atoms with Gasteiger partial charge in [-0.1, -0.05) is 6.92 Å². The number of rotatable bonds is 3. The van der Waals surface area contributed by atoms with Gasteiger partial charge in [0.05, 0.1) is 11.2 Å². The zero-order valence-electron chi connectivity index (χ0n) is 11.0. The molecule has 1 aliphatic rings. The normalized spacial score (nSPS) is 28.4. The summed E-state index contributed by atoms with van der Waals surface area (Å²) in [6, 6.07) is 0. The molecular formula is C14H20N2OS. The topological polar surface area (TPSA) is 42.0 Å². The maximum absolute atomic E-state index is 11.9. The highest BCUT2D eigenvalue weighted by atomic mass is 32.1. The second-order valence-electron chi connectivity index (χ2n) is 5.48. The summed E-state index contributed by atoms with van der Waals surface area (Å²) in [7, 11) is 0. The molecule has 1 saturated carbocycles. The van der Waals surface area contributed by atoms with Crippen molar-refractivity contribution < 1.29 is 4.79 Å². The van der Waals surface area contributed by atoms with E-state index in [1.54, 1.807) is 17.7 Å². The largest absolute Gasteiger partial charge is 0.347 e. The van der Waals surface area contributed by atoms with Gasteiger partial charge in [-0.05, 0) is 44.6 Å². The zero-order valence-corrected chi connectivity index (χ0v) is 11.8. The van der Waals surface area contributed by atoms with Gasteiger partial charge in [0, 0.05) is 17.0 Å². The van der Waals surface area contributed by atoms with Crippen molar-refractivity contribution in [2.45, 2.75) is 45.1 Å².